The zero-order valence-corrected chi connectivity index (χ0v) is 8.03. The maximum absolute atomic E-state index is 11.6. The Kier molecular flexibility index (Phi) is 2.91. The summed E-state index contributed by atoms with van der Waals surface area (Å²) in [7, 11) is 0. The van der Waals surface area contributed by atoms with Gasteiger partial charge >= 0.3 is 0 Å². The van der Waals surface area contributed by atoms with Crippen molar-refractivity contribution in [3.63, 3.8) is 0 Å². The van der Waals surface area contributed by atoms with E-state index < -0.39 is 11.4 Å². The summed E-state index contributed by atoms with van der Waals surface area (Å²) in [5.74, 6) is 0. The second kappa shape index (κ2) is 3.96. The van der Waals surface area contributed by atoms with Gasteiger partial charge in [0, 0.05) is 24.2 Å². The molecule has 1 atom stereocenters. The molecule has 2 aliphatic rings. The Balaban J connectivity index is 1.72. The van der Waals surface area contributed by atoms with Crippen LogP contribution in [0.25, 0.3) is 0 Å². The van der Waals surface area contributed by atoms with E-state index in [9.17, 15) is 4.55 Å². The van der Waals surface area contributed by atoms with Gasteiger partial charge in [0.2, 0.25) is 0 Å². The summed E-state index contributed by atoms with van der Waals surface area (Å²) in [4.78, 5) is 0. The lowest BCUT2D eigenvalue weighted by molar-refractivity contribution is 0.489. The van der Waals surface area contributed by atoms with Gasteiger partial charge < -0.3 is 9.87 Å². The molecule has 2 rings (SSSR count). The average Bonchev–Trinajstić information content (AvgIpc) is 2.90. The molecular formula is C8H16N2OS. The van der Waals surface area contributed by atoms with Crippen molar-refractivity contribution in [1.29, 1.82) is 0 Å². The van der Waals surface area contributed by atoms with E-state index in [0.29, 0.717) is 11.3 Å². The molecular weight excluding hydrogens is 172 g/mol. The molecule has 3 nitrogen and oxygen atoms in total. The zero-order valence-electron chi connectivity index (χ0n) is 7.21. The molecule has 1 saturated carbocycles. The molecule has 1 aliphatic carbocycles. The van der Waals surface area contributed by atoms with Crippen molar-refractivity contribution in [3.8, 4) is 0 Å². The lowest BCUT2D eigenvalue weighted by Crippen LogP contribution is -2.42. The Morgan fingerprint density at radius 3 is 2.42 bits per heavy atom. The molecule has 0 aromatic carbocycles. The van der Waals surface area contributed by atoms with Crippen molar-refractivity contribution >= 4 is 11.4 Å². The van der Waals surface area contributed by atoms with E-state index in [0.717, 1.165) is 25.9 Å². The van der Waals surface area contributed by atoms with Crippen LogP contribution < -0.4 is 10.0 Å². The summed E-state index contributed by atoms with van der Waals surface area (Å²) in [6.07, 6.45) is 4.56. The maximum Gasteiger partial charge on any atom is 0.137 e. The monoisotopic (exact) mass is 188 g/mol. The molecule has 1 heterocycles. The van der Waals surface area contributed by atoms with Gasteiger partial charge in [0.05, 0.1) is 6.04 Å². The molecule has 70 valence electrons. The first-order chi connectivity index (χ1) is 5.86. The van der Waals surface area contributed by atoms with Gasteiger partial charge in [-0.2, -0.15) is 0 Å². The van der Waals surface area contributed by atoms with Crippen LogP contribution in [-0.2, 0) is 11.4 Å². The summed E-state index contributed by atoms with van der Waals surface area (Å²) < 4.78 is 14.8. The highest BCUT2D eigenvalue weighted by Gasteiger charge is 2.32. The molecule has 4 heteroatoms. The van der Waals surface area contributed by atoms with Gasteiger partial charge in [-0.15, -0.1) is 4.72 Å². The predicted molar refractivity (Wildman–Crippen MR) is 50.2 cm³/mol. The Morgan fingerprint density at radius 2 is 1.83 bits per heavy atom. The molecule has 1 unspecified atom stereocenters. The third kappa shape index (κ3) is 2.36. The van der Waals surface area contributed by atoms with Crippen LogP contribution in [0.5, 0.6) is 0 Å². The summed E-state index contributed by atoms with van der Waals surface area (Å²) in [5.41, 5.74) is 0. The largest absolute Gasteiger partial charge is 0.598 e. The van der Waals surface area contributed by atoms with Gasteiger partial charge in [-0.25, -0.2) is 0 Å². The van der Waals surface area contributed by atoms with Gasteiger partial charge in [0.1, 0.15) is 5.25 Å². The normalized spacial score (nSPS) is 28.8. The minimum absolute atomic E-state index is 0.395. The molecule has 1 aliphatic heterocycles. The van der Waals surface area contributed by atoms with E-state index in [1.54, 1.807) is 0 Å². The fourth-order valence-corrected chi connectivity index (χ4v) is 2.89. The summed E-state index contributed by atoms with van der Waals surface area (Å²) in [5, 5.41) is 3.67. The number of hydrogen-bond donors (Lipinski definition) is 2. The number of piperidine rings is 1. The first-order valence-corrected chi connectivity index (χ1v) is 5.95. The van der Waals surface area contributed by atoms with Gasteiger partial charge in [-0.05, 0) is 25.9 Å². The SMILES string of the molecule is [O-][S+](NC1CC1)C1CCNCC1. The molecule has 2 N–H and O–H groups in total. The van der Waals surface area contributed by atoms with Crippen molar-refractivity contribution in [2.75, 3.05) is 13.1 Å². The van der Waals surface area contributed by atoms with E-state index in [2.05, 4.69) is 10.0 Å². The highest BCUT2D eigenvalue weighted by molar-refractivity contribution is 7.90. The van der Waals surface area contributed by atoms with E-state index in [4.69, 9.17) is 0 Å². The zero-order chi connectivity index (χ0) is 8.39. The van der Waals surface area contributed by atoms with Gasteiger partial charge in [-0.3, -0.25) is 0 Å². The van der Waals surface area contributed by atoms with E-state index in [1.165, 1.54) is 12.8 Å². The number of rotatable bonds is 3. The first-order valence-electron chi connectivity index (χ1n) is 4.74. The minimum Gasteiger partial charge on any atom is -0.598 e. The lowest BCUT2D eigenvalue weighted by atomic mass is 10.2. The first kappa shape index (κ1) is 8.81. The molecule has 0 radical (unpaired) electrons. The van der Waals surface area contributed by atoms with Crippen molar-refractivity contribution in [3.05, 3.63) is 0 Å². The highest BCUT2D eigenvalue weighted by Crippen LogP contribution is 2.22. The van der Waals surface area contributed by atoms with E-state index in [1.807, 2.05) is 0 Å². The van der Waals surface area contributed by atoms with E-state index in [-0.39, 0.29) is 0 Å². The fraction of sp³-hybridized carbons (Fsp3) is 1.00. The molecule has 12 heavy (non-hydrogen) atoms. The smallest absolute Gasteiger partial charge is 0.137 e. The second-order valence-electron chi connectivity index (χ2n) is 3.64. The van der Waals surface area contributed by atoms with Crippen LogP contribution in [0.4, 0.5) is 0 Å². The third-order valence-corrected chi connectivity index (χ3v) is 4.09. The van der Waals surface area contributed by atoms with Crippen LogP contribution in [0, 0.1) is 0 Å². The lowest BCUT2D eigenvalue weighted by Gasteiger charge is -2.24. The molecule has 1 saturated heterocycles. The molecule has 0 aromatic rings. The summed E-state index contributed by atoms with van der Waals surface area (Å²) >= 11 is -0.764. The molecule has 2 fully saturated rings. The third-order valence-electron chi connectivity index (χ3n) is 2.45. The van der Waals surface area contributed by atoms with Gasteiger partial charge in [0.25, 0.3) is 0 Å². The maximum atomic E-state index is 11.6. The van der Waals surface area contributed by atoms with Crippen LogP contribution in [-0.4, -0.2) is 28.9 Å². The van der Waals surface area contributed by atoms with E-state index >= 15 is 0 Å². The molecule has 0 spiro atoms. The summed E-state index contributed by atoms with van der Waals surface area (Å²) in [6.45, 7) is 2.06. The Morgan fingerprint density at radius 1 is 1.17 bits per heavy atom. The van der Waals surface area contributed by atoms with Crippen molar-refractivity contribution in [2.24, 2.45) is 0 Å². The Hall–Kier alpha value is 0.230. The van der Waals surface area contributed by atoms with Crippen LogP contribution >= 0.6 is 0 Å². The molecule has 0 amide bonds. The van der Waals surface area contributed by atoms with Gasteiger partial charge in [0.15, 0.2) is 0 Å². The predicted octanol–water partition coefficient (Wildman–Crippen LogP) is 0.154. The average molecular weight is 188 g/mol. The van der Waals surface area contributed by atoms with Crippen LogP contribution in [0.3, 0.4) is 0 Å². The highest BCUT2D eigenvalue weighted by atomic mass is 32.2. The summed E-state index contributed by atoms with van der Waals surface area (Å²) in [6, 6.07) is 0.570. The quantitative estimate of drug-likeness (QED) is 0.620. The van der Waals surface area contributed by atoms with Crippen LogP contribution in [0.1, 0.15) is 25.7 Å². The fourth-order valence-electron chi connectivity index (χ4n) is 1.47. The Bertz CT molecular complexity index is 146. The van der Waals surface area contributed by atoms with Crippen LogP contribution in [0.2, 0.25) is 0 Å². The minimum atomic E-state index is -0.764. The topological polar surface area (TPSA) is 47.1 Å². The van der Waals surface area contributed by atoms with Crippen molar-refractivity contribution in [2.45, 2.75) is 37.0 Å². The van der Waals surface area contributed by atoms with Crippen molar-refractivity contribution in [1.82, 2.24) is 10.0 Å². The number of hydrogen-bond acceptors (Lipinski definition) is 3. The molecule has 0 bridgehead atoms. The second-order valence-corrected chi connectivity index (χ2v) is 5.14. The standard InChI is InChI=1S/C8H16N2OS/c11-12(10-7-1-2-7)8-3-5-9-6-4-8/h7-10H,1-6H2. The Labute approximate surface area is 76.6 Å². The van der Waals surface area contributed by atoms with Crippen molar-refractivity contribution < 1.29 is 4.55 Å². The number of nitrogens with one attached hydrogen (secondary N) is 2. The molecule has 0 aromatic heterocycles. The van der Waals surface area contributed by atoms with Gasteiger partial charge in [-0.1, -0.05) is 0 Å². The van der Waals surface area contributed by atoms with Crippen LogP contribution in [0.15, 0.2) is 0 Å².